The third-order valence-corrected chi connectivity index (χ3v) is 13.2. The Bertz CT molecular complexity index is 1070. The number of sulfonamides is 1. The van der Waals surface area contributed by atoms with Crippen LogP contribution in [0.3, 0.4) is 0 Å². The van der Waals surface area contributed by atoms with Gasteiger partial charge in [0.25, 0.3) is 0 Å². The molecule has 5 aliphatic rings. The average molecular weight is 533 g/mol. The van der Waals surface area contributed by atoms with E-state index in [0.29, 0.717) is 41.9 Å². The van der Waals surface area contributed by atoms with Gasteiger partial charge >= 0.3 is 0 Å². The third kappa shape index (κ3) is 4.64. The van der Waals surface area contributed by atoms with Crippen molar-refractivity contribution in [3.05, 3.63) is 11.1 Å². The van der Waals surface area contributed by atoms with E-state index in [1.165, 1.54) is 24.7 Å². The number of nitrogens with one attached hydrogen (secondary N) is 1. The van der Waals surface area contributed by atoms with Gasteiger partial charge in [-0.05, 0) is 93.3 Å². The molecule has 0 aromatic heterocycles. The molecule has 0 spiro atoms. The molecule has 5 rings (SSSR count). The van der Waals surface area contributed by atoms with Crippen molar-refractivity contribution in [3.63, 3.8) is 0 Å². The van der Waals surface area contributed by atoms with E-state index in [2.05, 4.69) is 27.7 Å². The Labute approximate surface area is 224 Å². The molecule has 1 unspecified atom stereocenters. The highest BCUT2D eigenvalue weighted by Crippen LogP contribution is 2.64. The highest BCUT2D eigenvalue weighted by molar-refractivity contribution is 7.88. The summed E-state index contributed by atoms with van der Waals surface area (Å²) in [5, 5.41) is 7.94. The number of piperidine rings is 1. The monoisotopic (exact) mass is 532 g/mol. The number of ketones is 1. The summed E-state index contributed by atoms with van der Waals surface area (Å²) in [7, 11) is -3.32. The second kappa shape index (κ2) is 9.76. The average Bonchev–Trinajstić information content (AvgIpc) is 3.16. The fraction of sp³-hybridized carbons (Fsp3) is 0.867. The van der Waals surface area contributed by atoms with Gasteiger partial charge in [-0.3, -0.25) is 10.2 Å². The van der Waals surface area contributed by atoms with Crippen LogP contribution in [-0.2, 0) is 19.6 Å². The van der Waals surface area contributed by atoms with Crippen LogP contribution in [0.15, 0.2) is 11.1 Å². The van der Waals surface area contributed by atoms with Crippen LogP contribution in [-0.4, -0.2) is 49.4 Å². The highest BCUT2D eigenvalue weighted by atomic mass is 32.2. The van der Waals surface area contributed by atoms with Crippen molar-refractivity contribution < 1.29 is 17.9 Å². The topological polar surface area (TPSA) is 87.5 Å². The van der Waals surface area contributed by atoms with Crippen LogP contribution < -0.4 is 0 Å². The maximum atomic E-state index is 12.8. The lowest BCUT2D eigenvalue weighted by Gasteiger charge is -2.52. The summed E-state index contributed by atoms with van der Waals surface area (Å²) in [5.41, 5.74) is 2.76. The van der Waals surface area contributed by atoms with Crippen molar-refractivity contribution in [1.29, 1.82) is 5.41 Å². The molecule has 1 heterocycles. The fourth-order valence-corrected chi connectivity index (χ4v) is 11.1. The maximum absolute atomic E-state index is 12.8. The van der Waals surface area contributed by atoms with E-state index in [4.69, 9.17) is 10.1 Å². The fourth-order valence-electron chi connectivity index (χ4n) is 9.75. The Hall–Kier alpha value is -1.21. The SMILES string of the molecule is CC1=C2C[C@H]3C(CC[C@@H]4CC(=O)CC[C@@]43C)[C@@H]2CC[C@@](OC=N)([C@H](C)[C@H]2CC[C@H](C)CN2S(C)(=O)=O)C1. The van der Waals surface area contributed by atoms with Crippen molar-refractivity contribution in [2.75, 3.05) is 12.8 Å². The number of ether oxygens (including phenoxy) is 1. The zero-order valence-electron chi connectivity index (χ0n) is 23.6. The number of carbonyl (C=O) groups excluding carboxylic acids is 1. The van der Waals surface area contributed by atoms with Gasteiger partial charge in [-0.1, -0.05) is 31.9 Å². The van der Waals surface area contributed by atoms with Gasteiger partial charge in [-0.2, -0.15) is 4.31 Å². The maximum Gasteiger partial charge on any atom is 0.211 e. The third-order valence-electron chi connectivity index (χ3n) is 11.9. The Morgan fingerprint density at radius 2 is 1.89 bits per heavy atom. The summed E-state index contributed by atoms with van der Waals surface area (Å²) < 4.78 is 33.7. The molecule has 4 aliphatic carbocycles. The molecule has 0 radical (unpaired) electrons. The van der Waals surface area contributed by atoms with Crippen LogP contribution in [0, 0.1) is 46.3 Å². The highest BCUT2D eigenvalue weighted by Gasteiger charge is 2.57. The first-order chi connectivity index (χ1) is 17.4. The molecule has 1 saturated heterocycles. The summed E-state index contributed by atoms with van der Waals surface area (Å²) in [4.78, 5) is 12.2. The second-order valence-electron chi connectivity index (χ2n) is 13.8. The Morgan fingerprint density at radius 1 is 1.14 bits per heavy atom. The van der Waals surface area contributed by atoms with Gasteiger partial charge in [0.2, 0.25) is 10.0 Å². The number of rotatable bonds is 5. The molecule has 4 fully saturated rings. The van der Waals surface area contributed by atoms with Crippen LogP contribution >= 0.6 is 0 Å². The molecule has 0 amide bonds. The number of hydrogen-bond acceptors (Lipinski definition) is 5. The minimum absolute atomic E-state index is 0.000825. The second-order valence-corrected chi connectivity index (χ2v) is 15.7. The minimum atomic E-state index is -3.32. The molecule has 208 valence electrons. The molecular formula is C30H48N2O4S. The van der Waals surface area contributed by atoms with Gasteiger partial charge < -0.3 is 4.74 Å². The number of nitrogens with zero attached hydrogens (tertiary/aromatic N) is 1. The van der Waals surface area contributed by atoms with E-state index in [1.54, 1.807) is 9.88 Å². The van der Waals surface area contributed by atoms with Crippen LogP contribution in [0.1, 0.15) is 98.3 Å². The van der Waals surface area contributed by atoms with Crippen molar-refractivity contribution in [1.82, 2.24) is 4.31 Å². The van der Waals surface area contributed by atoms with E-state index >= 15 is 0 Å². The lowest BCUT2D eigenvalue weighted by atomic mass is 9.52. The molecule has 0 aromatic rings. The predicted molar refractivity (Wildman–Crippen MR) is 147 cm³/mol. The van der Waals surface area contributed by atoms with Gasteiger partial charge in [0.1, 0.15) is 11.4 Å². The number of hydrogen-bond donors (Lipinski definition) is 1. The largest absolute Gasteiger partial charge is 0.477 e. The van der Waals surface area contributed by atoms with Crippen LogP contribution in [0.5, 0.6) is 0 Å². The molecule has 0 bridgehead atoms. The van der Waals surface area contributed by atoms with E-state index in [9.17, 15) is 13.2 Å². The molecule has 9 atom stereocenters. The summed E-state index contributed by atoms with van der Waals surface area (Å²) >= 11 is 0. The van der Waals surface area contributed by atoms with Gasteiger partial charge in [0.05, 0.1) is 6.26 Å². The van der Waals surface area contributed by atoms with Crippen LogP contribution in [0.25, 0.3) is 0 Å². The van der Waals surface area contributed by atoms with Crippen LogP contribution in [0.2, 0.25) is 0 Å². The standard InChI is InChI=1S/C30H48N2O4S/c1-19-6-9-28(32(17-19)37(5,34)35)21(3)30(36-18-31)13-11-24-25-8-7-22-14-23(33)10-12-29(22,4)27(25)15-26(24)20(2)16-30/h18-19,21-22,24-25,27-28,31H,6-17H2,1-5H3/t19-,21+,22+,24-,25?,27-,28+,29-,30-/m0/s1. The van der Waals surface area contributed by atoms with Crippen LogP contribution in [0.4, 0.5) is 0 Å². The summed E-state index contributed by atoms with van der Waals surface area (Å²) in [6.45, 7) is 9.65. The van der Waals surface area contributed by atoms with E-state index in [-0.39, 0.29) is 17.4 Å². The van der Waals surface area contributed by atoms with Crippen molar-refractivity contribution in [3.8, 4) is 0 Å². The normalized spacial score (nSPS) is 43.9. The van der Waals surface area contributed by atoms with Crippen molar-refractivity contribution in [2.24, 2.45) is 40.9 Å². The molecule has 3 saturated carbocycles. The van der Waals surface area contributed by atoms with E-state index in [1.807, 2.05) is 0 Å². The van der Waals surface area contributed by atoms with Crippen molar-refractivity contribution >= 4 is 22.2 Å². The van der Waals surface area contributed by atoms with Gasteiger partial charge in [-0.25, -0.2) is 8.42 Å². The lowest BCUT2D eigenvalue weighted by molar-refractivity contribution is -0.129. The predicted octanol–water partition coefficient (Wildman–Crippen LogP) is 5.97. The minimum Gasteiger partial charge on any atom is -0.477 e. The molecule has 37 heavy (non-hydrogen) atoms. The molecule has 7 heteroatoms. The van der Waals surface area contributed by atoms with Crippen molar-refractivity contribution in [2.45, 2.75) is 110 Å². The molecular weight excluding hydrogens is 484 g/mol. The molecule has 6 nitrogen and oxygen atoms in total. The van der Waals surface area contributed by atoms with Gasteiger partial charge in [0, 0.05) is 37.8 Å². The quantitative estimate of drug-likeness (QED) is 0.269. The zero-order chi connectivity index (χ0) is 26.8. The molecule has 0 aromatic carbocycles. The van der Waals surface area contributed by atoms with E-state index in [0.717, 1.165) is 64.2 Å². The number of Topliss-reactive ketones (excluding diaryl/α,β-unsaturated/α-hetero) is 1. The summed E-state index contributed by atoms with van der Waals surface area (Å²) in [6, 6.07) is -0.0937. The number of carbonyl (C=O) groups is 1. The van der Waals surface area contributed by atoms with Gasteiger partial charge in [0.15, 0.2) is 6.40 Å². The number of fused-ring (bicyclic) bond motifs is 5. The summed E-state index contributed by atoms with van der Waals surface area (Å²) in [5.74, 6) is 3.27. The first-order valence-corrected chi connectivity index (χ1v) is 16.6. The van der Waals surface area contributed by atoms with Gasteiger partial charge in [-0.15, -0.1) is 0 Å². The zero-order valence-corrected chi connectivity index (χ0v) is 24.4. The lowest BCUT2D eigenvalue weighted by Crippen LogP contribution is -2.55. The first kappa shape index (κ1) is 27.4. The number of allylic oxidation sites excluding steroid dienone is 1. The Kier molecular flexibility index (Phi) is 7.22. The smallest absolute Gasteiger partial charge is 0.211 e. The first-order valence-electron chi connectivity index (χ1n) is 14.7. The Balaban J connectivity index is 1.44. The molecule has 1 aliphatic heterocycles. The molecule has 1 N–H and O–H groups in total. The Morgan fingerprint density at radius 3 is 2.59 bits per heavy atom. The van der Waals surface area contributed by atoms with E-state index < -0.39 is 15.6 Å². The summed E-state index contributed by atoms with van der Waals surface area (Å²) in [6.07, 6.45) is 13.1.